The van der Waals surface area contributed by atoms with E-state index in [4.69, 9.17) is 11.6 Å². The van der Waals surface area contributed by atoms with Crippen molar-refractivity contribution >= 4 is 23.4 Å². The standard InChI is InChI=1S/C23H28ClFN2O2/c1-3-14-26-23(29)21(4-2)27(15-13-17-9-6-5-7-10-17)22(28)16-18-19(24)11-8-12-20(18)25/h5-12,21H,3-4,13-16H2,1-2H3,(H,26,29). The first kappa shape index (κ1) is 22.9. The molecule has 0 saturated heterocycles. The molecule has 2 aromatic rings. The van der Waals surface area contributed by atoms with Crippen molar-refractivity contribution in [2.24, 2.45) is 0 Å². The van der Waals surface area contributed by atoms with Gasteiger partial charge in [0.15, 0.2) is 0 Å². The fourth-order valence-corrected chi connectivity index (χ4v) is 3.45. The second-order valence-corrected chi connectivity index (χ2v) is 7.32. The van der Waals surface area contributed by atoms with Crippen molar-refractivity contribution in [1.82, 2.24) is 10.2 Å². The molecule has 2 amide bonds. The number of halogens is 2. The average molecular weight is 419 g/mol. The fourth-order valence-electron chi connectivity index (χ4n) is 3.22. The Morgan fingerprint density at radius 2 is 1.83 bits per heavy atom. The van der Waals surface area contributed by atoms with Crippen molar-refractivity contribution in [2.45, 2.75) is 45.6 Å². The van der Waals surface area contributed by atoms with Crippen LogP contribution in [0.5, 0.6) is 0 Å². The van der Waals surface area contributed by atoms with E-state index < -0.39 is 11.9 Å². The molecule has 29 heavy (non-hydrogen) atoms. The topological polar surface area (TPSA) is 49.4 Å². The molecule has 0 fully saturated rings. The molecule has 0 bridgehead atoms. The molecule has 0 aromatic heterocycles. The van der Waals surface area contributed by atoms with E-state index in [9.17, 15) is 14.0 Å². The summed E-state index contributed by atoms with van der Waals surface area (Å²) in [6.07, 6.45) is 1.71. The van der Waals surface area contributed by atoms with Gasteiger partial charge in [0.2, 0.25) is 11.8 Å². The third-order valence-electron chi connectivity index (χ3n) is 4.81. The van der Waals surface area contributed by atoms with E-state index in [0.717, 1.165) is 12.0 Å². The van der Waals surface area contributed by atoms with Crippen LogP contribution in [0.15, 0.2) is 48.5 Å². The highest BCUT2D eigenvalue weighted by molar-refractivity contribution is 6.31. The molecule has 1 atom stereocenters. The van der Waals surface area contributed by atoms with Crippen LogP contribution in [-0.4, -0.2) is 35.8 Å². The molecule has 0 heterocycles. The lowest BCUT2D eigenvalue weighted by molar-refractivity contribution is -0.140. The van der Waals surface area contributed by atoms with Crippen molar-refractivity contribution in [3.05, 3.63) is 70.5 Å². The number of hydrogen-bond donors (Lipinski definition) is 1. The molecule has 0 aliphatic carbocycles. The summed E-state index contributed by atoms with van der Waals surface area (Å²) in [7, 11) is 0. The van der Waals surface area contributed by atoms with Gasteiger partial charge in [-0.25, -0.2) is 4.39 Å². The monoisotopic (exact) mass is 418 g/mol. The molecule has 0 aliphatic heterocycles. The zero-order valence-electron chi connectivity index (χ0n) is 17.0. The molecule has 0 aliphatic rings. The van der Waals surface area contributed by atoms with Crippen LogP contribution in [0.1, 0.15) is 37.8 Å². The van der Waals surface area contributed by atoms with E-state index in [-0.39, 0.29) is 28.8 Å². The van der Waals surface area contributed by atoms with Gasteiger partial charge in [-0.15, -0.1) is 0 Å². The lowest BCUT2D eigenvalue weighted by atomic mass is 10.1. The molecule has 0 saturated carbocycles. The Kier molecular flexibility index (Phi) is 9.13. The number of nitrogens with one attached hydrogen (secondary N) is 1. The Labute approximate surface area is 177 Å². The van der Waals surface area contributed by atoms with Crippen LogP contribution in [0.3, 0.4) is 0 Å². The molecule has 0 spiro atoms. The van der Waals surface area contributed by atoms with Crippen LogP contribution in [0.25, 0.3) is 0 Å². The molecular weight excluding hydrogens is 391 g/mol. The van der Waals surface area contributed by atoms with Crippen LogP contribution in [0.4, 0.5) is 4.39 Å². The zero-order valence-corrected chi connectivity index (χ0v) is 17.7. The maximum Gasteiger partial charge on any atom is 0.242 e. The second kappa shape index (κ2) is 11.6. The Hall–Kier alpha value is -2.40. The lowest BCUT2D eigenvalue weighted by Gasteiger charge is -2.31. The first-order valence-electron chi connectivity index (χ1n) is 10.0. The van der Waals surface area contributed by atoms with Gasteiger partial charge in [0.25, 0.3) is 0 Å². The van der Waals surface area contributed by atoms with Gasteiger partial charge >= 0.3 is 0 Å². The zero-order chi connectivity index (χ0) is 21.2. The van der Waals surface area contributed by atoms with Gasteiger partial charge in [-0.2, -0.15) is 0 Å². The number of carbonyl (C=O) groups is 2. The van der Waals surface area contributed by atoms with Crippen LogP contribution >= 0.6 is 11.6 Å². The third-order valence-corrected chi connectivity index (χ3v) is 5.16. The maximum absolute atomic E-state index is 14.2. The average Bonchev–Trinajstić information content (AvgIpc) is 2.72. The van der Waals surface area contributed by atoms with Crippen molar-refractivity contribution < 1.29 is 14.0 Å². The Morgan fingerprint density at radius 3 is 2.45 bits per heavy atom. The van der Waals surface area contributed by atoms with Gasteiger partial charge in [0.05, 0.1) is 6.42 Å². The van der Waals surface area contributed by atoms with Crippen LogP contribution in [0, 0.1) is 5.82 Å². The SMILES string of the molecule is CCCNC(=O)C(CC)N(CCc1ccccc1)C(=O)Cc1c(F)cccc1Cl. The van der Waals surface area contributed by atoms with Gasteiger partial charge in [-0.05, 0) is 37.0 Å². The number of benzene rings is 2. The Bertz CT molecular complexity index is 794. The van der Waals surface area contributed by atoms with Gasteiger partial charge < -0.3 is 10.2 Å². The highest BCUT2D eigenvalue weighted by Gasteiger charge is 2.29. The normalized spacial score (nSPS) is 11.7. The van der Waals surface area contributed by atoms with Crippen LogP contribution < -0.4 is 5.32 Å². The Morgan fingerprint density at radius 1 is 1.10 bits per heavy atom. The van der Waals surface area contributed by atoms with Crippen molar-refractivity contribution in [3.8, 4) is 0 Å². The summed E-state index contributed by atoms with van der Waals surface area (Å²) in [6.45, 7) is 4.76. The number of nitrogens with zero attached hydrogens (tertiary/aromatic N) is 1. The summed E-state index contributed by atoms with van der Waals surface area (Å²) in [5.74, 6) is -1.01. The number of rotatable bonds is 10. The first-order chi connectivity index (χ1) is 14.0. The highest BCUT2D eigenvalue weighted by Crippen LogP contribution is 2.21. The maximum atomic E-state index is 14.2. The smallest absolute Gasteiger partial charge is 0.242 e. The summed E-state index contributed by atoms with van der Waals surface area (Å²) in [5.41, 5.74) is 1.23. The molecule has 1 unspecified atom stereocenters. The molecule has 156 valence electrons. The Balaban J connectivity index is 2.23. The predicted molar refractivity (Wildman–Crippen MR) is 114 cm³/mol. The van der Waals surface area contributed by atoms with E-state index in [0.29, 0.717) is 25.9 Å². The number of amides is 2. The van der Waals surface area contributed by atoms with E-state index >= 15 is 0 Å². The molecule has 0 radical (unpaired) electrons. The lowest BCUT2D eigenvalue weighted by Crippen LogP contribution is -2.50. The minimum absolute atomic E-state index is 0.160. The predicted octanol–water partition coefficient (Wildman–Crippen LogP) is 4.40. The first-order valence-corrected chi connectivity index (χ1v) is 10.4. The van der Waals surface area contributed by atoms with E-state index in [1.54, 1.807) is 11.0 Å². The second-order valence-electron chi connectivity index (χ2n) is 6.91. The molecule has 4 nitrogen and oxygen atoms in total. The summed E-state index contributed by atoms with van der Waals surface area (Å²) < 4.78 is 14.2. The number of hydrogen-bond acceptors (Lipinski definition) is 2. The van der Waals surface area contributed by atoms with Crippen molar-refractivity contribution in [2.75, 3.05) is 13.1 Å². The molecule has 2 rings (SSSR count). The van der Waals surface area contributed by atoms with Gasteiger partial charge in [0, 0.05) is 23.7 Å². The minimum atomic E-state index is -0.608. The molecular formula is C23H28ClFN2O2. The van der Waals surface area contributed by atoms with Crippen LogP contribution in [0.2, 0.25) is 5.02 Å². The molecule has 2 aromatic carbocycles. The summed E-state index contributed by atoms with van der Waals surface area (Å²) in [5, 5.41) is 3.08. The highest BCUT2D eigenvalue weighted by atomic mass is 35.5. The van der Waals surface area contributed by atoms with E-state index in [1.165, 1.54) is 12.1 Å². The van der Waals surface area contributed by atoms with Crippen molar-refractivity contribution in [1.29, 1.82) is 0 Å². The number of carbonyl (C=O) groups excluding carboxylic acids is 2. The van der Waals surface area contributed by atoms with E-state index in [2.05, 4.69) is 5.32 Å². The van der Waals surface area contributed by atoms with E-state index in [1.807, 2.05) is 44.2 Å². The summed E-state index contributed by atoms with van der Waals surface area (Å²) in [4.78, 5) is 27.4. The molecule has 1 N–H and O–H groups in total. The quantitative estimate of drug-likeness (QED) is 0.621. The van der Waals surface area contributed by atoms with Gasteiger partial charge in [-0.1, -0.05) is 61.8 Å². The summed E-state index contributed by atoms with van der Waals surface area (Å²) in [6, 6.07) is 13.5. The molecule has 6 heteroatoms. The third kappa shape index (κ3) is 6.57. The van der Waals surface area contributed by atoms with Crippen molar-refractivity contribution in [3.63, 3.8) is 0 Å². The van der Waals surface area contributed by atoms with Crippen LogP contribution in [-0.2, 0) is 22.4 Å². The van der Waals surface area contributed by atoms with Gasteiger partial charge in [-0.3, -0.25) is 9.59 Å². The summed E-state index contributed by atoms with van der Waals surface area (Å²) >= 11 is 6.11. The minimum Gasteiger partial charge on any atom is -0.354 e. The largest absolute Gasteiger partial charge is 0.354 e. The fraction of sp³-hybridized carbons (Fsp3) is 0.391. The van der Waals surface area contributed by atoms with Gasteiger partial charge in [0.1, 0.15) is 11.9 Å².